The summed E-state index contributed by atoms with van der Waals surface area (Å²) in [6.45, 7) is 0.0390. The van der Waals surface area contributed by atoms with Gasteiger partial charge in [-0.1, -0.05) is 84.6 Å². The molecule has 1 unspecified atom stereocenters. The second-order valence-electron chi connectivity index (χ2n) is 11.7. The largest absolute Gasteiger partial charge is 0.481 e. The van der Waals surface area contributed by atoms with Crippen LogP contribution in [0.25, 0.3) is 0 Å². The minimum absolute atomic E-state index is 0.0268. The average Bonchev–Trinajstić information content (AvgIpc) is 3.00. The lowest BCUT2D eigenvalue weighted by molar-refractivity contribution is -0.138. The molecule has 3 aromatic carbocycles. The molecule has 1 fully saturated rings. The van der Waals surface area contributed by atoms with Gasteiger partial charge in [0.1, 0.15) is 0 Å². The van der Waals surface area contributed by atoms with E-state index in [0.717, 1.165) is 30.2 Å². The molecule has 3 N–H and O–H groups in total. The van der Waals surface area contributed by atoms with E-state index in [1.165, 1.54) is 0 Å². The van der Waals surface area contributed by atoms with Crippen molar-refractivity contribution in [2.45, 2.75) is 69.2 Å². The molecule has 5 rings (SSSR count). The summed E-state index contributed by atoms with van der Waals surface area (Å²) in [6, 6.07) is 17.0. The molecule has 2 aliphatic rings. The molecule has 1 saturated carbocycles. The molecule has 4 atom stereocenters. The summed E-state index contributed by atoms with van der Waals surface area (Å²) in [4.78, 5) is 46.7. The standard InChI is InChI=1S/C33H35Cl2N3O7S/c1-46(43,44)37-27-8-4-5-9-28(27)38-31(25-16-15-22(34)18-26(25)35)30(23-6-2-3-7-24(23)33(38)42)32(41)36-45-19-21-12-10-20(11-13-21)14-17-29(39)40/h2-3,6-7,10-13,15-16,18,27-28,30-31,37H,4-5,8-9,14,17,19H2,1H3,(H,36,41)(H,39,40)/t27-,28?,30+,31-/m0/s1. The number of hydrogen-bond acceptors (Lipinski definition) is 6. The predicted molar refractivity (Wildman–Crippen MR) is 174 cm³/mol. The topological polar surface area (TPSA) is 142 Å². The van der Waals surface area contributed by atoms with Gasteiger partial charge in [0.25, 0.3) is 11.8 Å². The molecule has 1 aliphatic carbocycles. The quantitative estimate of drug-likeness (QED) is 0.229. The van der Waals surface area contributed by atoms with E-state index in [9.17, 15) is 22.8 Å². The summed E-state index contributed by atoms with van der Waals surface area (Å²) in [7, 11) is -3.60. The Bertz CT molecular complexity index is 1720. The summed E-state index contributed by atoms with van der Waals surface area (Å²) in [5, 5.41) is 9.57. The Morgan fingerprint density at radius 1 is 0.978 bits per heavy atom. The number of carboxylic acid groups (broad SMARTS) is 1. The van der Waals surface area contributed by atoms with Crippen molar-refractivity contribution in [3.63, 3.8) is 0 Å². The number of carbonyl (C=O) groups is 3. The van der Waals surface area contributed by atoms with Gasteiger partial charge in [-0.15, -0.1) is 0 Å². The number of aliphatic carboxylic acids is 1. The van der Waals surface area contributed by atoms with Crippen molar-refractivity contribution < 1.29 is 32.7 Å². The number of halogens is 2. The number of hydrogen-bond donors (Lipinski definition) is 3. The van der Waals surface area contributed by atoms with Gasteiger partial charge in [-0.3, -0.25) is 19.2 Å². The van der Waals surface area contributed by atoms with E-state index in [2.05, 4.69) is 10.2 Å². The molecule has 0 spiro atoms. The number of amides is 2. The van der Waals surface area contributed by atoms with Gasteiger partial charge in [0.2, 0.25) is 10.0 Å². The van der Waals surface area contributed by atoms with E-state index in [1.807, 2.05) is 12.1 Å². The van der Waals surface area contributed by atoms with Crippen LogP contribution in [0.1, 0.15) is 76.7 Å². The van der Waals surface area contributed by atoms with Crippen molar-refractivity contribution in [3.8, 4) is 0 Å². The van der Waals surface area contributed by atoms with Gasteiger partial charge < -0.3 is 10.0 Å². The van der Waals surface area contributed by atoms with Gasteiger partial charge in [-0.25, -0.2) is 18.6 Å². The molecule has 244 valence electrons. The number of nitrogens with zero attached hydrogens (tertiary/aromatic N) is 1. The fraction of sp³-hybridized carbons (Fsp3) is 0.364. The maximum Gasteiger partial charge on any atom is 0.303 e. The van der Waals surface area contributed by atoms with Crippen LogP contribution in [0.15, 0.2) is 66.7 Å². The van der Waals surface area contributed by atoms with E-state index < -0.39 is 45.9 Å². The fourth-order valence-corrected chi connectivity index (χ4v) is 7.78. The number of nitrogens with one attached hydrogen (secondary N) is 2. The van der Waals surface area contributed by atoms with Crippen LogP contribution in [0.2, 0.25) is 10.0 Å². The predicted octanol–water partition coefficient (Wildman–Crippen LogP) is 5.40. The van der Waals surface area contributed by atoms with Crippen LogP contribution in [0, 0.1) is 0 Å². The zero-order valence-corrected chi connectivity index (χ0v) is 27.4. The Morgan fingerprint density at radius 3 is 2.37 bits per heavy atom. The third-order valence-electron chi connectivity index (χ3n) is 8.45. The molecule has 3 aromatic rings. The first kappa shape index (κ1) is 33.9. The molecule has 0 radical (unpaired) electrons. The van der Waals surface area contributed by atoms with Crippen molar-refractivity contribution in [3.05, 3.63) is 105 Å². The van der Waals surface area contributed by atoms with Crippen molar-refractivity contribution in [2.24, 2.45) is 0 Å². The first-order valence-corrected chi connectivity index (χ1v) is 17.6. The third-order valence-corrected chi connectivity index (χ3v) is 9.75. The highest BCUT2D eigenvalue weighted by atomic mass is 35.5. The SMILES string of the molecule is CS(=O)(=O)N[C@H]1CCCCC1N1C(=O)c2ccccc2[C@@H](C(=O)NOCc2ccc(CCC(=O)O)cc2)[C@@H]1c1ccc(Cl)cc1Cl. The minimum atomic E-state index is -3.60. The molecule has 1 aliphatic heterocycles. The van der Waals surface area contributed by atoms with E-state index >= 15 is 0 Å². The molecule has 2 amide bonds. The van der Waals surface area contributed by atoms with Crippen LogP contribution < -0.4 is 10.2 Å². The maximum absolute atomic E-state index is 14.4. The van der Waals surface area contributed by atoms with Crippen LogP contribution in [0.4, 0.5) is 0 Å². The summed E-state index contributed by atoms with van der Waals surface area (Å²) in [5.74, 6) is -2.68. The highest BCUT2D eigenvalue weighted by molar-refractivity contribution is 7.88. The second kappa shape index (κ2) is 14.5. The lowest BCUT2D eigenvalue weighted by atomic mass is 9.76. The Morgan fingerprint density at radius 2 is 1.67 bits per heavy atom. The first-order chi connectivity index (χ1) is 21.9. The molecular weight excluding hydrogens is 653 g/mol. The molecule has 0 bridgehead atoms. The third kappa shape index (κ3) is 7.90. The van der Waals surface area contributed by atoms with Gasteiger partial charge >= 0.3 is 5.97 Å². The zero-order valence-electron chi connectivity index (χ0n) is 25.1. The summed E-state index contributed by atoms with van der Waals surface area (Å²) >= 11 is 13.0. The van der Waals surface area contributed by atoms with Crippen LogP contribution in [-0.4, -0.2) is 54.5 Å². The Hall–Kier alpha value is -3.48. The van der Waals surface area contributed by atoms with Gasteiger partial charge in [0.15, 0.2) is 0 Å². The maximum atomic E-state index is 14.4. The monoisotopic (exact) mass is 687 g/mol. The van der Waals surface area contributed by atoms with Crippen molar-refractivity contribution in [1.29, 1.82) is 0 Å². The number of sulfonamides is 1. The van der Waals surface area contributed by atoms with Gasteiger partial charge in [0.05, 0.1) is 24.8 Å². The zero-order chi connectivity index (χ0) is 33.0. The van der Waals surface area contributed by atoms with Crippen LogP contribution >= 0.6 is 23.2 Å². The number of carbonyl (C=O) groups excluding carboxylic acids is 2. The lowest BCUT2D eigenvalue weighted by Crippen LogP contribution is -2.59. The van der Waals surface area contributed by atoms with Crippen LogP contribution in [0.5, 0.6) is 0 Å². The number of fused-ring (bicyclic) bond motifs is 1. The normalized spacial score (nSPS) is 21.5. The van der Waals surface area contributed by atoms with E-state index in [-0.39, 0.29) is 24.0 Å². The number of hydroxylamine groups is 1. The molecule has 10 nitrogen and oxygen atoms in total. The lowest BCUT2D eigenvalue weighted by Gasteiger charge is -2.49. The molecule has 13 heteroatoms. The number of carboxylic acids is 1. The summed E-state index contributed by atoms with van der Waals surface area (Å²) in [5.41, 5.74) is 5.53. The Balaban J connectivity index is 1.49. The first-order valence-electron chi connectivity index (χ1n) is 15.0. The molecular formula is C33H35Cl2N3O7S. The van der Waals surface area contributed by atoms with E-state index in [1.54, 1.807) is 59.5 Å². The molecule has 46 heavy (non-hydrogen) atoms. The Labute approximate surface area is 278 Å². The van der Waals surface area contributed by atoms with Crippen molar-refractivity contribution in [1.82, 2.24) is 15.1 Å². The van der Waals surface area contributed by atoms with Gasteiger partial charge in [0, 0.05) is 34.1 Å². The van der Waals surface area contributed by atoms with Crippen LogP contribution in [0.3, 0.4) is 0 Å². The summed E-state index contributed by atoms with van der Waals surface area (Å²) < 4.78 is 27.5. The van der Waals surface area contributed by atoms with Crippen LogP contribution in [-0.2, 0) is 37.5 Å². The Kier molecular flexibility index (Phi) is 10.7. The van der Waals surface area contributed by atoms with Gasteiger partial charge in [-0.2, -0.15) is 0 Å². The summed E-state index contributed by atoms with van der Waals surface area (Å²) in [6.07, 6.45) is 4.13. The number of aryl methyl sites for hydroxylation is 1. The second-order valence-corrected chi connectivity index (χ2v) is 14.3. The molecule has 1 heterocycles. The highest BCUT2D eigenvalue weighted by Crippen LogP contribution is 2.47. The smallest absolute Gasteiger partial charge is 0.303 e. The highest BCUT2D eigenvalue weighted by Gasteiger charge is 2.49. The molecule has 0 aromatic heterocycles. The number of rotatable bonds is 11. The molecule has 0 saturated heterocycles. The van der Waals surface area contributed by atoms with E-state index in [4.69, 9.17) is 33.1 Å². The average molecular weight is 689 g/mol. The number of benzene rings is 3. The fourth-order valence-electron chi connectivity index (χ4n) is 6.44. The minimum Gasteiger partial charge on any atom is -0.481 e. The van der Waals surface area contributed by atoms with Crippen molar-refractivity contribution >= 4 is 51.0 Å². The van der Waals surface area contributed by atoms with E-state index in [0.29, 0.717) is 41.0 Å². The van der Waals surface area contributed by atoms with Crippen molar-refractivity contribution in [2.75, 3.05) is 6.26 Å². The van der Waals surface area contributed by atoms with Gasteiger partial charge in [-0.05, 0) is 59.7 Å².